The smallest absolute Gasteiger partial charge is 0.224 e. The lowest BCUT2D eigenvalue weighted by Crippen LogP contribution is -2.37. The van der Waals surface area contributed by atoms with E-state index in [-0.39, 0.29) is 17.8 Å². The molecule has 0 aliphatic carbocycles. The van der Waals surface area contributed by atoms with Gasteiger partial charge in [0, 0.05) is 30.6 Å². The second-order valence-electron chi connectivity index (χ2n) is 6.74. The Kier molecular flexibility index (Phi) is 6.56. The third-order valence-electron chi connectivity index (χ3n) is 4.87. The van der Waals surface area contributed by atoms with E-state index in [1.165, 1.54) is 6.07 Å². The first-order chi connectivity index (χ1) is 13.1. The summed E-state index contributed by atoms with van der Waals surface area (Å²) in [6.45, 7) is 1.26. The van der Waals surface area contributed by atoms with Crippen LogP contribution in [0.15, 0.2) is 42.5 Å². The molecule has 0 radical (unpaired) electrons. The predicted octanol–water partition coefficient (Wildman–Crippen LogP) is 4.52. The lowest BCUT2D eigenvalue weighted by molar-refractivity contribution is -0.131. The molecule has 1 fully saturated rings. The van der Waals surface area contributed by atoms with Crippen molar-refractivity contribution in [1.82, 2.24) is 4.90 Å². The number of nitrogens with zero attached hydrogens (tertiary/aromatic N) is 1. The predicted molar refractivity (Wildman–Crippen MR) is 106 cm³/mol. The van der Waals surface area contributed by atoms with Crippen LogP contribution in [0.3, 0.4) is 0 Å². The summed E-state index contributed by atoms with van der Waals surface area (Å²) in [7, 11) is 1.60. The molecule has 1 heterocycles. The second-order valence-corrected chi connectivity index (χ2v) is 7.18. The number of hydrogen-bond donors (Lipinski definition) is 1. The van der Waals surface area contributed by atoms with E-state index in [9.17, 15) is 9.18 Å². The molecule has 2 aromatic carbocycles. The number of carbonyl (C=O) groups is 1. The molecular weight excluding hydrogens is 367 g/mol. The fourth-order valence-corrected chi connectivity index (χ4v) is 3.75. The van der Waals surface area contributed by atoms with Gasteiger partial charge in [0.15, 0.2) is 0 Å². The van der Waals surface area contributed by atoms with Gasteiger partial charge < -0.3 is 15.0 Å². The van der Waals surface area contributed by atoms with Gasteiger partial charge in [-0.1, -0.05) is 23.7 Å². The van der Waals surface area contributed by atoms with Gasteiger partial charge in [0.2, 0.25) is 5.91 Å². The van der Waals surface area contributed by atoms with Crippen LogP contribution in [0.5, 0.6) is 5.75 Å². The Morgan fingerprint density at radius 1 is 1.33 bits per heavy atom. The van der Waals surface area contributed by atoms with E-state index in [1.807, 2.05) is 11.0 Å². The van der Waals surface area contributed by atoms with Crippen molar-refractivity contribution in [2.45, 2.75) is 31.7 Å². The zero-order valence-corrected chi connectivity index (χ0v) is 16.1. The first-order valence-corrected chi connectivity index (χ1v) is 9.56. The molecule has 144 valence electrons. The van der Waals surface area contributed by atoms with E-state index in [0.717, 1.165) is 30.6 Å². The van der Waals surface area contributed by atoms with Crippen LogP contribution in [0, 0.1) is 5.82 Å². The average Bonchev–Trinajstić information content (AvgIpc) is 3.10. The Balaban J connectivity index is 1.55. The highest BCUT2D eigenvalue weighted by Gasteiger charge is 2.28. The zero-order valence-electron chi connectivity index (χ0n) is 15.4. The molecule has 1 amide bonds. The highest BCUT2D eigenvalue weighted by molar-refractivity contribution is 6.30. The quantitative estimate of drug-likeness (QED) is 0.755. The Hall–Kier alpha value is -2.27. The van der Waals surface area contributed by atoms with Gasteiger partial charge in [-0.25, -0.2) is 4.39 Å². The average molecular weight is 391 g/mol. The molecule has 1 N–H and O–H groups in total. The van der Waals surface area contributed by atoms with Crippen molar-refractivity contribution in [3.8, 4) is 5.75 Å². The van der Waals surface area contributed by atoms with Crippen molar-refractivity contribution in [1.29, 1.82) is 0 Å². The molecule has 0 spiro atoms. The maximum atomic E-state index is 13.4. The third-order valence-corrected chi connectivity index (χ3v) is 5.11. The van der Waals surface area contributed by atoms with Crippen molar-refractivity contribution in [3.63, 3.8) is 0 Å². The molecule has 3 rings (SSSR count). The van der Waals surface area contributed by atoms with E-state index in [4.69, 9.17) is 16.3 Å². The van der Waals surface area contributed by atoms with E-state index < -0.39 is 0 Å². The summed E-state index contributed by atoms with van der Waals surface area (Å²) < 4.78 is 18.7. The van der Waals surface area contributed by atoms with E-state index in [0.29, 0.717) is 30.2 Å². The van der Waals surface area contributed by atoms with Crippen LogP contribution in [0.25, 0.3) is 0 Å². The summed E-state index contributed by atoms with van der Waals surface area (Å²) in [5, 5.41) is 3.84. The Labute approximate surface area is 164 Å². The summed E-state index contributed by atoms with van der Waals surface area (Å²) in [5.74, 6) is 0.572. The van der Waals surface area contributed by atoms with Crippen LogP contribution < -0.4 is 10.1 Å². The molecule has 27 heavy (non-hydrogen) atoms. The molecule has 1 aliphatic heterocycles. The minimum Gasteiger partial charge on any atom is -0.495 e. The number of benzene rings is 2. The fraction of sp³-hybridized carbons (Fsp3) is 0.381. The van der Waals surface area contributed by atoms with Crippen molar-refractivity contribution >= 4 is 23.2 Å². The maximum Gasteiger partial charge on any atom is 0.224 e. The van der Waals surface area contributed by atoms with Gasteiger partial charge in [-0.15, -0.1) is 0 Å². The highest BCUT2D eigenvalue weighted by Crippen LogP contribution is 2.28. The van der Waals surface area contributed by atoms with Gasteiger partial charge in [-0.05, 0) is 55.2 Å². The number of hydrogen-bond acceptors (Lipinski definition) is 3. The second kappa shape index (κ2) is 9.09. The molecule has 1 saturated heterocycles. The van der Waals surface area contributed by atoms with Gasteiger partial charge in [0.05, 0.1) is 12.8 Å². The first-order valence-electron chi connectivity index (χ1n) is 9.18. The number of carbonyl (C=O) groups excluding carboxylic acids is 1. The van der Waals surface area contributed by atoms with Crippen LogP contribution in [0.1, 0.15) is 24.8 Å². The molecule has 4 nitrogen and oxygen atoms in total. The molecule has 0 bridgehead atoms. The van der Waals surface area contributed by atoms with Gasteiger partial charge in [0.25, 0.3) is 0 Å². The molecule has 6 heteroatoms. The number of methoxy groups -OCH3 is 1. The topological polar surface area (TPSA) is 41.6 Å². The first kappa shape index (κ1) is 19.5. The van der Waals surface area contributed by atoms with Crippen LogP contribution >= 0.6 is 11.6 Å². The van der Waals surface area contributed by atoms with Crippen molar-refractivity contribution < 1.29 is 13.9 Å². The number of halogens is 2. The molecule has 1 unspecified atom stereocenters. The number of amides is 1. The van der Waals surface area contributed by atoms with E-state index >= 15 is 0 Å². The molecule has 1 atom stereocenters. The molecule has 2 aromatic rings. The molecular formula is C21H24ClFN2O2. The normalized spacial score (nSPS) is 16.4. The van der Waals surface area contributed by atoms with Crippen molar-refractivity contribution in [2.24, 2.45) is 0 Å². The third kappa shape index (κ3) is 5.13. The summed E-state index contributed by atoms with van der Waals surface area (Å²) in [6.07, 6.45) is 3.02. The lowest BCUT2D eigenvalue weighted by atomic mass is 10.0. The largest absolute Gasteiger partial charge is 0.495 e. The van der Waals surface area contributed by atoms with Crippen molar-refractivity contribution in [2.75, 3.05) is 25.5 Å². The molecule has 1 aliphatic rings. The summed E-state index contributed by atoms with van der Waals surface area (Å²) >= 11 is 6.03. The zero-order chi connectivity index (χ0) is 19.2. The number of likely N-dealkylation sites (tertiary alicyclic amines) is 1. The van der Waals surface area contributed by atoms with Gasteiger partial charge in [-0.3, -0.25) is 4.79 Å². The molecule has 0 aromatic heterocycles. The number of anilines is 1. The number of nitrogens with one attached hydrogen (secondary N) is 1. The highest BCUT2D eigenvalue weighted by atomic mass is 35.5. The minimum absolute atomic E-state index is 0.113. The van der Waals surface area contributed by atoms with E-state index in [2.05, 4.69) is 5.32 Å². The van der Waals surface area contributed by atoms with Gasteiger partial charge in [0.1, 0.15) is 11.6 Å². The van der Waals surface area contributed by atoms with Gasteiger partial charge >= 0.3 is 0 Å². The van der Waals surface area contributed by atoms with Crippen LogP contribution in [0.4, 0.5) is 10.1 Å². The van der Waals surface area contributed by atoms with Crippen molar-refractivity contribution in [3.05, 3.63) is 58.9 Å². The Morgan fingerprint density at radius 3 is 2.96 bits per heavy atom. The van der Waals surface area contributed by atoms with Crippen LogP contribution in [0.2, 0.25) is 5.02 Å². The minimum atomic E-state index is -0.233. The summed E-state index contributed by atoms with van der Waals surface area (Å²) in [4.78, 5) is 14.6. The lowest BCUT2D eigenvalue weighted by Gasteiger charge is -2.25. The Bertz CT molecular complexity index is 800. The van der Waals surface area contributed by atoms with Crippen LogP contribution in [-0.2, 0) is 11.2 Å². The van der Waals surface area contributed by atoms with E-state index in [1.54, 1.807) is 37.4 Å². The maximum absolute atomic E-state index is 13.4. The summed E-state index contributed by atoms with van der Waals surface area (Å²) in [6, 6.07) is 12.1. The monoisotopic (exact) mass is 390 g/mol. The number of ether oxygens (including phenoxy) is 1. The Morgan fingerprint density at radius 2 is 2.19 bits per heavy atom. The molecule has 0 saturated carbocycles. The number of rotatable bonds is 7. The van der Waals surface area contributed by atoms with Crippen LogP contribution in [-0.4, -0.2) is 37.0 Å². The summed E-state index contributed by atoms with van der Waals surface area (Å²) in [5.41, 5.74) is 1.71. The standard InChI is InChI=1S/C21H24ClFN2O2/c1-27-20-8-7-16(22)14-19(20)24-10-9-21(26)25-11-3-6-18(25)13-15-4-2-5-17(23)12-15/h2,4-5,7-8,12,14,18,24H,3,6,9-11,13H2,1H3. The fourth-order valence-electron chi connectivity index (χ4n) is 3.58. The SMILES string of the molecule is COc1ccc(Cl)cc1NCCC(=O)N1CCCC1Cc1cccc(F)c1. The van der Waals surface area contributed by atoms with Gasteiger partial charge in [-0.2, -0.15) is 0 Å².